The Morgan fingerprint density at radius 3 is 2.62 bits per heavy atom. The molecule has 0 spiro atoms. The molecule has 0 fully saturated rings. The minimum atomic E-state index is 0.549. The van der Waals surface area contributed by atoms with Crippen LogP contribution in [0.25, 0.3) is 0 Å². The van der Waals surface area contributed by atoms with Gasteiger partial charge in [0, 0.05) is 31.0 Å². The van der Waals surface area contributed by atoms with Gasteiger partial charge >= 0.3 is 0 Å². The highest BCUT2D eigenvalue weighted by molar-refractivity contribution is 4.78. The van der Waals surface area contributed by atoms with E-state index in [9.17, 15) is 0 Å². The summed E-state index contributed by atoms with van der Waals surface area (Å²) in [6, 6.07) is 3.12. The topological polar surface area (TPSA) is 29.9 Å². The highest BCUT2D eigenvalue weighted by Gasteiger charge is 2.12. The molecular formula is C13H25N3. The fourth-order valence-electron chi connectivity index (χ4n) is 1.81. The van der Waals surface area contributed by atoms with Crippen LogP contribution in [0.4, 0.5) is 0 Å². The number of aryl methyl sites for hydroxylation is 1. The van der Waals surface area contributed by atoms with Gasteiger partial charge in [-0.3, -0.25) is 4.68 Å². The molecule has 0 radical (unpaired) electrons. The monoisotopic (exact) mass is 223 g/mol. The lowest BCUT2D eigenvalue weighted by Crippen LogP contribution is -2.39. The lowest BCUT2D eigenvalue weighted by molar-refractivity contribution is 0.338. The van der Waals surface area contributed by atoms with Crippen molar-refractivity contribution in [2.75, 3.05) is 0 Å². The molecule has 1 rings (SSSR count). The minimum absolute atomic E-state index is 0.549. The van der Waals surface area contributed by atoms with Gasteiger partial charge in [0.1, 0.15) is 0 Å². The summed E-state index contributed by atoms with van der Waals surface area (Å²) in [5.41, 5.74) is 0. The van der Waals surface area contributed by atoms with E-state index >= 15 is 0 Å². The zero-order valence-electron chi connectivity index (χ0n) is 11.0. The summed E-state index contributed by atoms with van der Waals surface area (Å²) < 4.78 is 1.99. The van der Waals surface area contributed by atoms with Gasteiger partial charge in [-0.2, -0.15) is 5.10 Å². The summed E-state index contributed by atoms with van der Waals surface area (Å²) >= 11 is 0. The van der Waals surface area contributed by atoms with Crippen molar-refractivity contribution in [1.82, 2.24) is 15.1 Å². The number of rotatable bonds is 7. The van der Waals surface area contributed by atoms with Gasteiger partial charge in [0.15, 0.2) is 0 Å². The van der Waals surface area contributed by atoms with Crippen LogP contribution in [0.1, 0.15) is 40.5 Å². The Morgan fingerprint density at radius 1 is 1.31 bits per heavy atom. The Hall–Kier alpha value is -0.830. The SMILES string of the molecule is CCC(C)C(C)NC(C)CCn1cccn1. The van der Waals surface area contributed by atoms with Gasteiger partial charge in [-0.05, 0) is 32.3 Å². The van der Waals surface area contributed by atoms with E-state index < -0.39 is 0 Å². The Morgan fingerprint density at radius 2 is 2.06 bits per heavy atom. The van der Waals surface area contributed by atoms with Crippen molar-refractivity contribution in [3.05, 3.63) is 18.5 Å². The Bertz CT molecular complexity index is 269. The maximum atomic E-state index is 4.21. The molecule has 0 aromatic carbocycles. The molecule has 0 saturated heterocycles. The van der Waals surface area contributed by atoms with E-state index in [2.05, 4.69) is 38.1 Å². The van der Waals surface area contributed by atoms with Crippen molar-refractivity contribution in [3.8, 4) is 0 Å². The summed E-state index contributed by atoms with van der Waals surface area (Å²) in [5, 5.41) is 7.86. The fraction of sp³-hybridized carbons (Fsp3) is 0.769. The quantitative estimate of drug-likeness (QED) is 0.770. The van der Waals surface area contributed by atoms with E-state index in [0.29, 0.717) is 12.1 Å². The number of hydrogen-bond acceptors (Lipinski definition) is 2. The molecule has 0 bridgehead atoms. The van der Waals surface area contributed by atoms with E-state index in [-0.39, 0.29) is 0 Å². The van der Waals surface area contributed by atoms with Crippen molar-refractivity contribution < 1.29 is 0 Å². The average Bonchev–Trinajstić information content (AvgIpc) is 2.78. The highest BCUT2D eigenvalue weighted by atomic mass is 15.3. The van der Waals surface area contributed by atoms with Crippen LogP contribution in [0.15, 0.2) is 18.5 Å². The molecule has 0 saturated carbocycles. The van der Waals surface area contributed by atoms with Crippen molar-refractivity contribution in [2.24, 2.45) is 5.92 Å². The second-order valence-corrected chi connectivity index (χ2v) is 4.80. The predicted octanol–water partition coefficient (Wildman–Crippen LogP) is 2.69. The van der Waals surface area contributed by atoms with Crippen LogP contribution in [0.5, 0.6) is 0 Å². The molecule has 1 heterocycles. The van der Waals surface area contributed by atoms with Crippen LogP contribution < -0.4 is 5.32 Å². The summed E-state index contributed by atoms with van der Waals surface area (Å²) in [6.07, 6.45) is 6.22. The number of nitrogens with one attached hydrogen (secondary N) is 1. The molecule has 1 aromatic rings. The third-order valence-corrected chi connectivity index (χ3v) is 3.40. The zero-order valence-corrected chi connectivity index (χ0v) is 11.0. The van der Waals surface area contributed by atoms with Gasteiger partial charge in [-0.25, -0.2) is 0 Å². The molecular weight excluding hydrogens is 198 g/mol. The molecule has 0 amide bonds. The summed E-state index contributed by atoms with van der Waals surface area (Å²) in [6.45, 7) is 10.1. The van der Waals surface area contributed by atoms with Crippen LogP contribution in [-0.2, 0) is 6.54 Å². The Kier molecular flexibility index (Phi) is 5.53. The average molecular weight is 223 g/mol. The largest absolute Gasteiger partial charge is 0.311 e. The third kappa shape index (κ3) is 4.35. The smallest absolute Gasteiger partial charge is 0.0489 e. The second kappa shape index (κ2) is 6.69. The van der Waals surface area contributed by atoms with Crippen LogP contribution in [0, 0.1) is 5.92 Å². The van der Waals surface area contributed by atoms with E-state index in [1.54, 1.807) is 0 Å². The number of aromatic nitrogens is 2. The molecule has 3 nitrogen and oxygen atoms in total. The molecule has 16 heavy (non-hydrogen) atoms. The van der Waals surface area contributed by atoms with Crippen LogP contribution in [0.2, 0.25) is 0 Å². The molecule has 3 atom stereocenters. The van der Waals surface area contributed by atoms with Gasteiger partial charge in [-0.1, -0.05) is 20.3 Å². The van der Waals surface area contributed by atoms with E-state index in [1.807, 2.05) is 23.1 Å². The van der Waals surface area contributed by atoms with Crippen molar-refractivity contribution in [2.45, 2.75) is 59.2 Å². The maximum Gasteiger partial charge on any atom is 0.0489 e. The summed E-state index contributed by atoms with van der Waals surface area (Å²) in [7, 11) is 0. The molecule has 1 N–H and O–H groups in total. The highest BCUT2D eigenvalue weighted by Crippen LogP contribution is 2.08. The van der Waals surface area contributed by atoms with Gasteiger partial charge in [0.2, 0.25) is 0 Å². The standard InChI is InChI=1S/C13H25N3/c1-5-11(2)13(4)15-12(3)7-10-16-9-6-8-14-16/h6,8-9,11-13,15H,5,7,10H2,1-4H3. The zero-order chi connectivity index (χ0) is 12.0. The molecule has 0 aliphatic heterocycles. The fourth-order valence-corrected chi connectivity index (χ4v) is 1.81. The Labute approximate surface area is 99.2 Å². The number of nitrogens with zero attached hydrogens (tertiary/aromatic N) is 2. The maximum absolute atomic E-state index is 4.21. The van der Waals surface area contributed by atoms with Gasteiger partial charge in [0.25, 0.3) is 0 Å². The normalized spacial score (nSPS) is 17.0. The van der Waals surface area contributed by atoms with Crippen LogP contribution >= 0.6 is 0 Å². The molecule has 3 unspecified atom stereocenters. The number of hydrogen-bond donors (Lipinski definition) is 1. The second-order valence-electron chi connectivity index (χ2n) is 4.80. The van der Waals surface area contributed by atoms with Crippen molar-refractivity contribution in [1.29, 1.82) is 0 Å². The Balaban J connectivity index is 2.22. The molecule has 1 aromatic heterocycles. The summed E-state index contributed by atoms with van der Waals surface area (Å²) in [5.74, 6) is 0.743. The minimum Gasteiger partial charge on any atom is -0.311 e. The predicted molar refractivity (Wildman–Crippen MR) is 68.4 cm³/mol. The lowest BCUT2D eigenvalue weighted by atomic mass is 10.00. The molecule has 3 heteroatoms. The van der Waals surface area contributed by atoms with Gasteiger partial charge in [-0.15, -0.1) is 0 Å². The first-order valence-electron chi connectivity index (χ1n) is 6.37. The van der Waals surface area contributed by atoms with Gasteiger partial charge < -0.3 is 5.32 Å². The van der Waals surface area contributed by atoms with E-state index in [0.717, 1.165) is 18.9 Å². The van der Waals surface area contributed by atoms with Crippen LogP contribution in [0.3, 0.4) is 0 Å². The summed E-state index contributed by atoms with van der Waals surface area (Å²) in [4.78, 5) is 0. The first-order chi connectivity index (χ1) is 7.63. The third-order valence-electron chi connectivity index (χ3n) is 3.40. The first kappa shape index (κ1) is 13.2. The molecule has 0 aliphatic carbocycles. The van der Waals surface area contributed by atoms with Crippen molar-refractivity contribution >= 4 is 0 Å². The van der Waals surface area contributed by atoms with E-state index in [1.165, 1.54) is 6.42 Å². The van der Waals surface area contributed by atoms with E-state index in [4.69, 9.17) is 0 Å². The van der Waals surface area contributed by atoms with Crippen LogP contribution in [-0.4, -0.2) is 21.9 Å². The van der Waals surface area contributed by atoms with Gasteiger partial charge in [0.05, 0.1) is 0 Å². The van der Waals surface area contributed by atoms with Crippen molar-refractivity contribution in [3.63, 3.8) is 0 Å². The first-order valence-corrected chi connectivity index (χ1v) is 6.37. The lowest BCUT2D eigenvalue weighted by Gasteiger charge is -2.24. The molecule has 0 aliphatic rings. The molecule has 92 valence electrons.